The first-order valence-corrected chi connectivity index (χ1v) is 5.94. The summed E-state index contributed by atoms with van der Waals surface area (Å²) in [4.78, 5) is 11.0. The number of rotatable bonds is 5. The maximum atomic E-state index is 11.0. The van der Waals surface area contributed by atoms with E-state index < -0.39 is 0 Å². The number of carbonyl (C=O) groups excluding carboxylic acids is 1. The third kappa shape index (κ3) is 2.33. The minimum atomic E-state index is 0.329. The van der Waals surface area contributed by atoms with Crippen LogP contribution in [0.1, 0.15) is 48.3 Å². The average Bonchev–Trinajstić information content (AvgIpc) is 2.98. The fourth-order valence-corrected chi connectivity index (χ4v) is 2.06. The highest BCUT2D eigenvalue weighted by atomic mass is 16.3. The summed E-state index contributed by atoms with van der Waals surface area (Å²) in [6.45, 7) is 4.24. The molecule has 0 bridgehead atoms. The average molecular weight is 231 g/mol. The second kappa shape index (κ2) is 5.04. The van der Waals surface area contributed by atoms with Gasteiger partial charge in [0.2, 0.25) is 0 Å². The van der Waals surface area contributed by atoms with Gasteiger partial charge in [-0.2, -0.15) is 0 Å². The van der Waals surface area contributed by atoms with Gasteiger partial charge >= 0.3 is 0 Å². The summed E-state index contributed by atoms with van der Waals surface area (Å²) in [5.74, 6) is 0.921. The van der Waals surface area contributed by atoms with Gasteiger partial charge in [0.25, 0.3) is 0 Å². The first kappa shape index (κ1) is 11.7. The molecule has 3 nitrogen and oxygen atoms in total. The fourth-order valence-electron chi connectivity index (χ4n) is 2.06. The van der Waals surface area contributed by atoms with Crippen molar-refractivity contribution >= 4 is 6.29 Å². The van der Waals surface area contributed by atoms with Crippen LogP contribution >= 0.6 is 0 Å². The maximum Gasteiger partial charge on any atom is 0.166 e. The zero-order valence-electron chi connectivity index (χ0n) is 10.2. The van der Waals surface area contributed by atoms with Gasteiger partial charge in [0.15, 0.2) is 6.29 Å². The maximum absolute atomic E-state index is 11.0. The van der Waals surface area contributed by atoms with Crippen LogP contribution in [0.2, 0.25) is 0 Å². The topological polar surface area (TPSA) is 35.1 Å². The summed E-state index contributed by atoms with van der Waals surface area (Å²) >= 11 is 0. The van der Waals surface area contributed by atoms with Gasteiger partial charge in [-0.1, -0.05) is 6.92 Å². The van der Waals surface area contributed by atoms with E-state index in [1.807, 2.05) is 24.3 Å². The Hall–Kier alpha value is -1.77. The van der Waals surface area contributed by atoms with Crippen molar-refractivity contribution in [2.75, 3.05) is 0 Å². The van der Waals surface area contributed by atoms with Crippen molar-refractivity contribution in [3.63, 3.8) is 0 Å². The van der Waals surface area contributed by atoms with E-state index in [4.69, 9.17) is 4.42 Å². The molecule has 0 spiro atoms. The van der Waals surface area contributed by atoms with Crippen LogP contribution in [0, 0.1) is 0 Å². The molecule has 0 aliphatic rings. The van der Waals surface area contributed by atoms with Crippen LogP contribution in [0.5, 0.6) is 0 Å². The molecule has 0 saturated heterocycles. The highest BCUT2D eigenvalue weighted by Gasteiger charge is 2.13. The lowest BCUT2D eigenvalue weighted by atomic mass is 10.2. The van der Waals surface area contributed by atoms with Gasteiger partial charge in [-0.15, -0.1) is 0 Å². The zero-order chi connectivity index (χ0) is 12.3. The largest absolute Gasteiger partial charge is 0.469 e. The summed E-state index contributed by atoms with van der Waals surface area (Å²) in [6.07, 6.45) is 4.32. The minimum absolute atomic E-state index is 0.329. The molecular weight excluding hydrogens is 214 g/mol. The van der Waals surface area contributed by atoms with E-state index in [1.165, 1.54) is 0 Å². The summed E-state index contributed by atoms with van der Waals surface area (Å²) in [5, 5.41) is 0. The van der Waals surface area contributed by atoms with Crippen LogP contribution in [0.4, 0.5) is 0 Å². The van der Waals surface area contributed by atoms with Crippen LogP contribution < -0.4 is 0 Å². The molecule has 90 valence electrons. The molecule has 0 amide bonds. The van der Waals surface area contributed by atoms with Crippen molar-refractivity contribution in [1.82, 2.24) is 4.57 Å². The molecule has 0 radical (unpaired) electrons. The Bertz CT molecular complexity index is 482. The van der Waals surface area contributed by atoms with Crippen LogP contribution in [-0.2, 0) is 6.42 Å². The number of nitrogens with zero attached hydrogens (tertiary/aromatic N) is 1. The summed E-state index contributed by atoms with van der Waals surface area (Å²) in [7, 11) is 0. The second-order valence-corrected chi connectivity index (χ2v) is 4.25. The monoisotopic (exact) mass is 231 g/mol. The number of hydrogen-bond donors (Lipinski definition) is 0. The zero-order valence-corrected chi connectivity index (χ0v) is 10.2. The lowest BCUT2D eigenvalue weighted by molar-refractivity contribution is 0.111. The molecular formula is C14H17NO2. The molecule has 0 aliphatic heterocycles. The number of aromatic nitrogens is 1. The van der Waals surface area contributed by atoms with Crippen molar-refractivity contribution in [3.8, 4) is 0 Å². The highest BCUT2D eigenvalue weighted by Crippen LogP contribution is 2.20. The number of aldehydes is 1. The normalized spacial score (nSPS) is 12.6. The van der Waals surface area contributed by atoms with Crippen LogP contribution in [0.15, 0.2) is 34.9 Å². The molecule has 2 aromatic rings. The molecule has 2 heterocycles. The van der Waals surface area contributed by atoms with Gasteiger partial charge in [-0.25, -0.2) is 0 Å². The van der Waals surface area contributed by atoms with Crippen molar-refractivity contribution in [2.45, 2.75) is 32.7 Å². The minimum Gasteiger partial charge on any atom is -0.469 e. The molecule has 2 rings (SSSR count). The van der Waals surface area contributed by atoms with E-state index in [-0.39, 0.29) is 0 Å². The molecule has 0 fully saturated rings. The molecule has 17 heavy (non-hydrogen) atoms. The van der Waals surface area contributed by atoms with E-state index in [0.29, 0.717) is 6.04 Å². The third-order valence-corrected chi connectivity index (χ3v) is 3.12. The van der Waals surface area contributed by atoms with Gasteiger partial charge in [0.1, 0.15) is 5.76 Å². The van der Waals surface area contributed by atoms with Gasteiger partial charge in [0, 0.05) is 18.2 Å². The standard InChI is InChI=1S/C14H17NO2/c1-3-11(2)15-12(6-7-13(15)10-16)9-14-5-4-8-17-14/h4-8,10-11H,3,9H2,1-2H3/t11-/m0/s1. The van der Waals surface area contributed by atoms with Crippen molar-refractivity contribution in [2.24, 2.45) is 0 Å². The molecule has 2 aromatic heterocycles. The summed E-state index contributed by atoms with van der Waals surface area (Å²) in [5.41, 5.74) is 1.86. The van der Waals surface area contributed by atoms with E-state index in [0.717, 1.165) is 36.3 Å². The Labute approximate surface area is 101 Å². The predicted molar refractivity (Wildman–Crippen MR) is 66.3 cm³/mol. The fraction of sp³-hybridized carbons (Fsp3) is 0.357. The Kier molecular flexibility index (Phi) is 3.47. The van der Waals surface area contributed by atoms with E-state index in [9.17, 15) is 4.79 Å². The molecule has 0 aromatic carbocycles. The first-order valence-electron chi connectivity index (χ1n) is 5.94. The predicted octanol–water partition coefficient (Wildman–Crippen LogP) is 3.46. The van der Waals surface area contributed by atoms with Gasteiger partial charge in [0.05, 0.1) is 12.0 Å². The van der Waals surface area contributed by atoms with Gasteiger partial charge in [-0.05, 0) is 37.6 Å². The second-order valence-electron chi connectivity index (χ2n) is 4.25. The first-order chi connectivity index (χ1) is 8.26. The van der Waals surface area contributed by atoms with Crippen LogP contribution in [0.3, 0.4) is 0 Å². The van der Waals surface area contributed by atoms with Crippen LogP contribution in [0.25, 0.3) is 0 Å². The Morgan fingerprint density at radius 2 is 2.24 bits per heavy atom. The smallest absolute Gasteiger partial charge is 0.166 e. The molecule has 0 unspecified atom stereocenters. The Morgan fingerprint density at radius 3 is 2.82 bits per heavy atom. The van der Waals surface area contributed by atoms with Gasteiger partial charge in [-0.3, -0.25) is 4.79 Å². The van der Waals surface area contributed by atoms with E-state index in [1.54, 1.807) is 6.26 Å². The molecule has 1 atom stereocenters. The lowest BCUT2D eigenvalue weighted by Gasteiger charge is -2.17. The SMILES string of the molecule is CC[C@H](C)n1c(C=O)ccc1Cc1ccco1. The number of furan rings is 1. The summed E-state index contributed by atoms with van der Waals surface area (Å²) in [6, 6.07) is 8.03. The lowest BCUT2D eigenvalue weighted by Crippen LogP contribution is -2.11. The van der Waals surface area contributed by atoms with Crippen molar-refractivity contribution < 1.29 is 9.21 Å². The highest BCUT2D eigenvalue weighted by molar-refractivity contribution is 5.73. The number of hydrogen-bond acceptors (Lipinski definition) is 2. The quantitative estimate of drug-likeness (QED) is 0.739. The third-order valence-electron chi connectivity index (χ3n) is 3.12. The Balaban J connectivity index is 2.33. The Morgan fingerprint density at radius 1 is 1.41 bits per heavy atom. The molecule has 0 aliphatic carbocycles. The van der Waals surface area contributed by atoms with Crippen molar-refractivity contribution in [3.05, 3.63) is 47.7 Å². The van der Waals surface area contributed by atoms with Crippen LogP contribution in [-0.4, -0.2) is 10.9 Å². The van der Waals surface area contributed by atoms with E-state index in [2.05, 4.69) is 18.4 Å². The summed E-state index contributed by atoms with van der Waals surface area (Å²) < 4.78 is 7.44. The molecule has 0 N–H and O–H groups in total. The molecule has 3 heteroatoms. The number of carbonyl (C=O) groups is 1. The van der Waals surface area contributed by atoms with Gasteiger partial charge < -0.3 is 8.98 Å². The molecule has 0 saturated carbocycles. The van der Waals surface area contributed by atoms with E-state index >= 15 is 0 Å². The van der Waals surface area contributed by atoms with Crippen molar-refractivity contribution in [1.29, 1.82) is 0 Å².